The monoisotopic (exact) mass is 508 g/mol. The lowest BCUT2D eigenvalue weighted by atomic mass is 9.93. The Labute approximate surface area is 228 Å². The fourth-order valence-corrected chi connectivity index (χ4v) is 5.42. The number of ether oxygens (including phenoxy) is 1. The fourth-order valence-electron chi connectivity index (χ4n) is 5.42. The molecule has 1 saturated heterocycles. The largest absolute Gasteiger partial charge is 0.318 e. The van der Waals surface area contributed by atoms with E-state index in [-0.39, 0.29) is 0 Å². The van der Waals surface area contributed by atoms with E-state index in [0.29, 0.717) is 0 Å². The number of para-hydroxylation sites is 2. The van der Waals surface area contributed by atoms with Crippen LogP contribution in [0.1, 0.15) is 28.5 Å². The van der Waals surface area contributed by atoms with Crippen molar-refractivity contribution in [3.05, 3.63) is 168 Å². The minimum absolute atomic E-state index is 0.409. The Kier molecular flexibility index (Phi) is 5.73. The molecule has 2 atom stereocenters. The number of nitrogens with zero attached hydrogens (tertiary/aromatic N) is 4. The molecule has 0 aliphatic carbocycles. The summed E-state index contributed by atoms with van der Waals surface area (Å²) >= 11 is 0. The smallest absolute Gasteiger partial charge is 0.233 e. The van der Waals surface area contributed by atoms with Crippen LogP contribution in [0.4, 0.5) is 11.4 Å². The molecule has 0 radical (unpaired) electrons. The summed E-state index contributed by atoms with van der Waals surface area (Å²) in [7, 11) is 0. The molecule has 2 unspecified atom stereocenters. The van der Waals surface area contributed by atoms with Crippen molar-refractivity contribution < 1.29 is 4.74 Å². The van der Waals surface area contributed by atoms with Crippen LogP contribution in [-0.2, 0) is 10.5 Å². The molecular formula is C34H28N4O. The van der Waals surface area contributed by atoms with Gasteiger partial charge in [0.1, 0.15) is 5.71 Å². The van der Waals surface area contributed by atoms with E-state index in [4.69, 9.17) is 9.84 Å². The zero-order chi connectivity index (χ0) is 26.2. The lowest BCUT2D eigenvalue weighted by Crippen LogP contribution is -2.55. The van der Waals surface area contributed by atoms with Gasteiger partial charge in [-0.1, -0.05) is 132 Å². The molecule has 190 valence electrons. The molecule has 0 saturated carbocycles. The van der Waals surface area contributed by atoms with Crippen molar-refractivity contribution in [1.82, 2.24) is 5.12 Å². The molecule has 2 heterocycles. The van der Waals surface area contributed by atoms with E-state index in [1.165, 1.54) is 5.56 Å². The summed E-state index contributed by atoms with van der Waals surface area (Å²) in [5.74, 6) is 0. The Morgan fingerprint density at radius 1 is 0.615 bits per heavy atom. The lowest BCUT2D eigenvalue weighted by Gasteiger charge is -2.39. The molecule has 5 aromatic rings. The Morgan fingerprint density at radius 2 is 1.15 bits per heavy atom. The number of fused-ring (bicyclic) bond motifs is 1. The second kappa shape index (κ2) is 9.55. The van der Waals surface area contributed by atoms with Crippen molar-refractivity contribution >= 4 is 17.1 Å². The first-order valence-corrected chi connectivity index (χ1v) is 13.2. The predicted molar refractivity (Wildman–Crippen MR) is 156 cm³/mol. The van der Waals surface area contributed by atoms with Gasteiger partial charge >= 0.3 is 0 Å². The maximum absolute atomic E-state index is 7.35. The highest BCUT2D eigenvalue weighted by molar-refractivity contribution is 6.09. The van der Waals surface area contributed by atoms with Gasteiger partial charge in [0.2, 0.25) is 5.72 Å². The fraction of sp³-hybridized carbons (Fsp3) is 0.0882. The van der Waals surface area contributed by atoms with Gasteiger partial charge in [-0.15, -0.1) is 0 Å². The third kappa shape index (κ3) is 3.83. The Balaban J connectivity index is 1.53. The predicted octanol–water partition coefficient (Wildman–Crippen LogP) is 7.44. The van der Waals surface area contributed by atoms with Crippen LogP contribution >= 0.6 is 0 Å². The van der Waals surface area contributed by atoms with Gasteiger partial charge in [0, 0.05) is 16.7 Å². The summed E-state index contributed by atoms with van der Waals surface area (Å²) in [6.45, 7) is 2.11. The summed E-state index contributed by atoms with van der Waals surface area (Å²) in [5.41, 5.74) is 6.03. The average Bonchev–Trinajstić information content (AvgIpc) is 3.53. The number of hydrogen-bond acceptors (Lipinski definition) is 5. The van der Waals surface area contributed by atoms with Gasteiger partial charge in [-0.25, -0.2) is 0 Å². The first-order chi connectivity index (χ1) is 19.3. The van der Waals surface area contributed by atoms with Gasteiger partial charge in [0.05, 0.1) is 11.4 Å². The molecule has 0 bridgehead atoms. The van der Waals surface area contributed by atoms with Gasteiger partial charge in [0.25, 0.3) is 0 Å². The highest BCUT2D eigenvalue weighted by Crippen LogP contribution is 2.54. The molecule has 39 heavy (non-hydrogen) atoms. The first-order valence-electron chi connectivity index (χ1n) is 13.2. The van der Waals surface area contributed by atoms with Crippen LogP contribution in [0, 0.1) is 6.92 Å². The molecule has 2 aliphatic heterocycles. The van der Waals surface area contributed by atoms with Crippen LogP contribution in [0.25, 0.3) is 0 Å². The number of hydrazone groups is 1. The van der Waals surface area contributed by atoms with Crippen molar-refractivity contribution in [2.24, 2.45) is 5.10 Å². The molecule has 0 N–H and O–H groups in total. The van der Waals surface area contributed by atoms with Crippen LogP contribution in [0.5, 0.6) is 0 Å². The minimum Gasteiger partial charge on any atom is -0.318 e. The Morgan fingerprint density at radius 3 is 1.77 bits per heavy atom. The summed E-state index contributed by atoms with van der Waals surface area (Å²) in [6.07, 6.45) is -0.409. The first kappa shape index (κ1) is 23.4. The van der Waals surface area contributed by atoms with E-state index in [1.807, 2.05) is 53.6 Å². The third-order valence-electron chi connectivity index (χ3n) is 7.27. The summed E-state index contributed by atoms with van der Waals surface area (Å²) in [6, 6.07) is 50.0. The zero-order valence-electron chi connectivity index (χ0n) is 21.6. The lowest BCUT2D eigenvalue weighted by molar-refractivity contribution is -0.0492. The maximum Gasteiger partial charge on any atom is 0.233 e. The van der Waals surface area contributed by atoms with E-state index in [0.717, 1.165) is 33.8 Å². The van der Waals surface area contributed by atoms with Gasteiger partial charge in [-0.2, -0.15) is 10.2 Å². The van der Waals surface area contributed by atoms with Crippen molar-refractivity contribution in [2.75, 3.05) is 10.1 Å². The zero-order valence-corrected chi connectivity index (χ0v) is 21.6. The number of rotatable bonds is 5. The second-order valence-electron chi connectivity index (χ2n) is 9.80. The number of aryl methyl sites for hydroxylation is 1. The molecule has 7 rings (SSSR count). The molecule has 0 amide bonds. The maximum atomic E-state index is 7.35. The van der Waals surface area contributed by atoms with E-state index in [9.17, 15) is 0 Å². The van der Waals surface area contributed by atoms with Crippen molar-refractivity contribution in [2.45, 2.75) is 18.9 Å². The van der Waals surface area contributed by atoms with Gasteiger partial charge in [-0.3, -0.25) is 5.01 Å². The molecule has 5 nitrogen and oxygen atoms in total. The molecule has 5 heteroatoms. The molecule has 0 aromatic heterocycles. The van der Waals surface area contributed by atoms with Gasteiger partial charge in [0.15, 0.2) is 6.23 Å². The molecule has 5 aromatic carbocycles. The minimum atomic E-state index is -1.02. The SMILES string of the molecule is Cc1ccc(C2OC3(c4ccccc4)C(c4ccccc4)=NN(c4ccccc4)N3N2c2ccccc2)cc1. The van der Waals surface area contributed by atoms with Crippen molar-refractivity contribution in [1.29, 1.82) is 0 Å². The van der Waals surface area contributed by atoms with Crippen molar-refractivity contribution in [3.8, 4) is 0 Å². The second-order valence-corrected chi connectivity index (χ2v) is 9.80. The van der Waals surface area contributed by atoms with E-state index >= 15 is 0 Å². The Hall–Kier alpha value is -4.71. The topological polar surface area (TPSA) is 31.3 Å². The molecule has 2 aliphatic rings. The molecule has 0 spiro atoms. The van der Waals surface area contributed by atoms with Crippen molar-refractivity contribution in [3.63, 3.8) is 0 Å². The Bertz CT molecular complexity index is 1590. The quantitative estimate of drug-likeness (QED) is 0.247. The van der Waals surface area contributed by atoms with Gasteiger partial charge in [-0.05, 0) is 31.2 Å². The van der Waals surface area contributed by atoms with Crippen LogP contribution in [0.3, 0.4) is 0 Å². The number of hydrogen-bond donors (Lipinski definition) is 0. The summed E-state index contributed by atoms with van der Waals surface area (Å²) in [4.78, 5) is 0. The highest BCUT2D eigenvalue weighted by Gasteiger charge is 2.63. The number of hydrazine groups is 2. The van der Waals surface area contributed by atoms with E-state index in [2.05, 4.69) is 114 Å². The van der Waals surface area contributed by atoms with Crippen LogP contribution in [0.15, 0.2) is 151 Å². The third-order valence-corrected chi connectivity index (χ3v) is 7.27. The standard InChI is InChI=1S/C34H28N4O/c1-26-22-24-28(25-23-26)33-36(30-18-10-4-11-19-30)38-34(39-33,29-16-8-3-9-17-29)32(27-14-6-2-7-15-27)35-37(38)31-20-12-5-13-21-31/h2-25,33H,1H3. The van der Waals surface area contributed by atoms with Gasteiger partial charge < -0.3 is 4.74 Å². The van der Waals surface area contributed by atoms with Crippen LogP contribution < -0.4 is 10.1 Å². The number of benzene rings is 5. The summed E-state index contributed by atoms with van der Waals surface area (Å²) in [5, 5.41) is 11.7. The average molecular weight is 509 g/mol. The summed E-state index contributed by atoms with van der Waals surface area (Å²) < 4.78 is 7.35. The highest BCUT2D eigenvalue weighted by atomic mass is 16.6. The normalized spacial score (nSPS) is 20.6. The van der Waals surface area contributed by atoms with Crippen LogP contribution in [-0.4, -0.2) is 10.8 Å². The van der Waals surface area contributed by atoms with E-state index in [1.54, 1.807) is 0 Å². The van der Waals surface area contributed by atoms with E-state index < -0.39 is 12.0 Å². The molecular weight excluding hydrogens is 480 g/mol. The van der Waals surface area contributed by atoms with Crippen LogP contribution in [0.2, 0.25) is 0 Å². The number of anilines is 2. The molecule has 1 fully saturated rings.